The van der Waals surface area contributed by atoms with Crippen molar-refractivity contribution in [2.24, 2.45) is 11.8 Å². The fourth-order valence-corrected chi connectivity index (χ4v) is 5.82. The van der Waals surface area contributed by atoms with E-state index in [2.05, 4.69) is 46.2 Å². The van der Waals surface area contributed by atoms with Gasteiger partial charge >= 0.3 is 0 Å². The molecule has 0 radical (unpaired) electrons. The van der Waals surface area contributed by atoms with E-state index in [1.165, 1.54) is 62.0 Å². The summed E-state index contributed by atoms with van der Waals surface area (Å²) < 4.78 is 11.0. The first kappa shape index (κ1) is 21.5. The molecule has 2 unspecified atom stereocenters. The maximum absolute atomic E-state index is 5.62. The van der Waals surface area contributed by atoms with Gasteiger partial charge in [-0.1, -0.05) is 36.4 Å². The Balaban J connectivity index is 1.20. The molecule has 170 valence electrons. The van der Waals surface area contributed by atoms with Crippen LogP contribution in [0.15, 0.2) is 48.5 Å². The van der Waals surface area contributed by atoms with Crippen LogP contribution in [0.4, 0.5) is 0 Å². The quantitative estimate of drug-likeness (QED) is 0.594. The molecular weight excluding hydrogens is 396 g/mol. The average molecular weight is 433 g/mol. The van der Waals surface area contributed by atoms with E-state index in [9.17, 15) is 0 Å². The summed E-state index contributed by atoms with van der Waals surface area (Å²) in [5, 5.41) is 0. The van der Waals surface area contributed by atoms with Gasteiger partial charge < -0.3 is 14.4 Å². The normalized spacial score (nSPS) is 23.4. The highest BCUT2D eigenvalue weighted by Crippen LogP contribution is 2.43. The van der Waals surface area contributed by atoms with Gasteiger partial charge in [-0.2, -0.15) is 0 Å². The summed E-state index contributed by atoms with van der Waals surface area (Å²) in [6, 6.07) is 15.6. The minimum atomic E-state index is 0.648. The van der Waals surface area contributed by atoms with Crippen LogP contribution in [0.25, 0.3) is 5.57 Å². The summed E-state index contributed by atoms with van der Waals surface area (Å²) in [4.78, 5) is 5.19. The van der Waals surface area contributed by atoms with Gasteiger partial charge in [0.2, 0.25) is 0 Å². The lowest BCUT2D eigenvalue weighted by Crippen LogP contribution is -2.22. The molecule has 3 aliphatic rings. The number of rotatable bonds is 8. The standard InChI is InChI=1S/C28H36N2O2/c1-31-25-11-9-24(28(17-25)32-2)19-30-18-23-10-12-26(27(23)20-30)22-7-5-21(6-8-22)13-16-29-14-3-4-15-29/h5-9,11-12,17,23,27H,3-4,10,13-16,18-20H2,1-2H3. The Kier molecular flexibility index (Phi) is 6.52. The molecule has 0 bridgehead atoms. The summed E-state index contributed by atoms with van der Waals surface area (Å²) in [5.41, 5.74) is 5.69. The van der Waals surface area contributed by atoms with Crippen molar-refractivity contribution in [2.45, 2.75) is 32.2 Å². The van der Waals surface area contributed by atoms with Crippen LogP contribution in [0.2, 0.25) is 0 Å². The SMILES string of the molecule is COc1ccc(CN2CC3CC=C(c4ccc(CCN5CCCC5)cc4)C3C2)c(OC)c1. The van der Waals surface area contributed by atoms with Gasteiger partial charge in [0.25, 0.3) is 0 Å². The Morgan fingerprint density at radius 2 is 1.72 bits per heavy atom. The van der Waals surface area contributed by atoms with Crippen LogP contribution in [0.5, 0.6) is 11.5 Å². The molecule has 2 fully saturated rings. The van der Waals surface area contributed by atoms with E-state index in [0.29, 0.717) is 5.92 Å². The van der Waals surface area contributed by atoms with E-state index < -0.39 is 0 Å². The molecule has 2 aromatic rings. The third-order valence-corrected chi connectivity index (χ3v) is 7.65. The second-order valence-electron chi connectivity index (χ2n) is 9.63. The monoisotopic (exact) mass is 432 g/mol. The zero-order valence-electron chi connectivity index (χ0n) is 19.6. The van der Waals surface area contributed by atoms with Crippen LogP contribution in [-0.4, -0.2) is 56.7 Å². The molecule has 2 heterocycles. The van der Waals surface area contributed by atoms with Crippen molar-refractivity contribution in [3.63, 3.8) is 0 Å². The van der Waals surface area contributed by atoms with Gasteiger partial charge in [-0.25, -0.2) is 0 Å². The molecule has 2 aliphatic heterocycles. The molecule has 0 amide bonds. The Bertz CT molecular complexity index is 946. The third-order valence-electron chi connectivity index (χ3n) is 7.65. The smallest absolute Gasteiger partial charge is 0.127 e. The molecule has 32 heavy (non-hydrogen) atoms. The Morgan fingerprint density at radius 1 is 0.906 bits per heavy atom. The van der Waals surface area contributed by atoms with E-state index >= 15 is 0 Å². The predicted molar refractivity (Wildman–Crippen MR) is 130 cm³/mol. The van der Waals surface area contributed by atoms with E-state index in [1.54, 1.807) is 19.8 Å². The Morgan fingerprint density at radius 3 is 2.47 bits per heavy atom. The van der Waals surface area contributed by atoms with Crippen LogP contribution in [0, 0.1) is 11.8 Å². The van der Waals surface area contributed by atoms with Crippen molar-refractivity contribution in [3.05, 3.63) is 65.2 Å². The second-order valence-corrected chi connectivity index (χ2v) is 9.63. The average Bonchev–Trinajstić information content (AvgIpc) is 3.56. The molecular formula is C28H36N2O2. The maximum Gasteiger partial charge on any atom is 0.127 e. The minimum Gasteiger partial charge on any atom is -0.497 e. The number of hydrogen-bond donors (Lipinski definition) is 0. The molecule has 2 saturated heterocycles. The van der Waals surface area contributed by atoms with Gasteiger partial charge in [-0.05, 0) is 67.5 Å². The number of nitrogens with zero attached hydrogens (tertiary/aromatic N) is 2. The van der Waals surface area contributed by atoms with Gasteiger partial charge in [0.15, 0.2) is 0 Å². The topological polar surface area (TPSA) is 24.9 Å². The lowest BCUT2D eigenvalue weighted by molar-refractivity contribution is 0.305. The largest absolute Gasteiger partial charge is 0.497 e. The first-order chi connectivity index (χ1) is 15.7. The van der Waals surface area contributed by atoms with Crippen molar-refractivity contribution in [1.29, 1.82) is 0 Å². The highest BCUT2D eigenvalue weighted by atomic mass is 16.5. The Hall–Kier alpha value is -2.30. The van der Waals surface area contributed by atoms with E-state index in [-0.39, 0.29) is 0 Å². The van der Waals surface area contributed by atoms with Crippen molar-refractivity contribution in [3.8, 4) is 11.5 Å². The summed E-state index contributed by atoms with van der Waals surface area (Å²) in [7, 11) is 3.44. The highest BCUT2D eigenvalue weighted by Gasteiger charge is 2.38. The molecule has 1 aliphatic carbocycles. The zero-order valence-corrected chi connectivity index (χ0v) is 19.6. The number of methoxy groups -OCH3 is 2. The number of allylic oxidation sites excluding steroid dienone is 1. The summed E-state index contributed by atoms with van der Waals surface area (Å²) >= 11 is 0. The van der Waals surface area contributed by atoms with Crippen LogP contribution in [0.1, 0.15) is 36.0 Å². The van der Waals surface area contributed by atoms with Gasteiger partial charge in [0.05, 0.1) is 14.2 Å². The minimum absolute atomic E-state index is 0.648. The van der Waals surface area contributed by atoms with Crippen LogP contribution in [-0.2, 0) is 13.0 Å². The molecule has 0 spiro atoms. The summed E-state index contributed by atoms with van der Waals surface area (Å²) in [6.45, 7) is 7.00. The van der Waals surface area contributed by atoms with Crippen molar-refractivity contribution < 1.29 is 9.47 Å². The van der Waals surface area contributed by atoms with E-state index in [1.807, 2.05) is 12.1 Å². The first-order valence-corrected chi connectivity index (χ1v) is 12.2. The van der Waals surface area contributed by atoms with E-state index in [4.69, 9.17) is 9.47 Å². The molecule has 5 rings (SSSR count). The molecule has 0 aromatic heterocycles. The Labute approximate surface area is 192 Å². The zero-order chi connectivity index (χ0) is 21.9. The number of fused-ring (bicyclic) bond motifs is 1. The van der Waals surface area contributed by atoms with Crippen LogP contribution < -0.4 is 9.47 Å². The highest BCUT2D eigenvalue weighted by molar-refractivity contribution is 5.70. The number of likely N-dealkylation sites (tertiary alicyclic amines) is 2. The third kappa shape index (κ3) is 4.57. The lowest BCUT2D eigenvalue weighted by atomic mass is 9.90. The lowest BCUT2D eigenvalue weighted by Gasteiger charge is -2.19. The number of benzene rings is 2. The van der Waals surface area contributed by atoms with Gasteiger partial charge in [0.1, 0.15) is 11.5 Å². The second kappa shape index (κ2) is 9.68. The molecule has 4 heteroatoms. The molecule has 2 atom stereocenters. The van der Waals surface area contributed by atoms with Gasteiger partial charge in [-0.15, -0.1) is 0 Å². The van der Waals surface area contributed by atoms with Crippen molar-refractivity contribution in [1.82, 2.24) is 9.80 Å². The van der Waals surface area contributed by atoms with Crippen molar-refractivity contribution in [2.75, 3.05) is 46.9 Å². The van der Waals surface area contributed by atoms with Crippen LogP contribution >= 0.6 is 0 Å². The molecule has 2 aromatic carbocycles. The number of ether oxygens (including phenoxy) is 2. The summed E-state index contributed by atoms with van der Waals surface area (Å²) in [5.74, 6) is 3.15. The summed E-state index contributed by atoms with van der Waals surface area (Å²) in [6.07, 6.45) is 7.62. The number of hydrogen-bond acceptors (Lipinski definition) is 4. The fraction of sp³-hybridized carbons (Fsp3) is 0.500. The first-order valence-electron chi connectivity index (χ1n) is 12.2. The van der Waals surface area contributed by atoms with E-state index in [0.717, 1.165) is 37.1 Å². The molecule has 4 nitrogen and oxygen atoms in total. The molecule has 0 N–H and O–H groups in total. The molecule has 0 saturated carbocycles. The van der Waals surface area contributed by atoms with Gasteiger partial charge in [0, 0.05) is 43.7 Å². The maximum atomic E-state index is 5.62. The predicted octanol–water partition coefficient (Wildman–Crippen LogP) is 4.88. The fourth-order valence-electron chi connectivity index (χ4n) is 5.82. The van der Waals surface area contributed by atoms with Gasteiger partial charge in [-0.3, -0.25) is 4.90 Å². The van der Waals surface area contributed by atoms with Crippen LogP contribution in [0.3, 0.4) is 0 Å². The van der Waals surface area contributed by atoms with Crippen molar-refractivity contribution >= 4 is 5.57 Å².